The van der Waals surface area contributed by atoms with Crippen LogP contribution in [0.1, 0.15) is 15.9 Å². The highest BCUT2D eigenvalue weighted by molar-refractivity contribution is 8.04. The first kappa shape index (κ1) is 18.1. The van der Waals surface area contributed by atoms with Crippen molar-refractivity contribution < 1.29 is 14.3 Å². The van der Waals surface area contributed by atoms with Crippen molar-refractivity contribution in [2.24, 2.45) is 0 Å². The number of rotatable bonds is 2. The van der Waals surface area contributed by atoms with Gasteiger partial charge >= 0.3 is 0 Å². The number of morpholine rings is 1. The first-order valence-corrected chi connectivity index (χ1v) is 9.78. The highest BCUT2D eigenvalue weighted by Gasteiger charge is 2.24. The topological polar surface area (TPSA) is 58.6 Å². The van der Waals surface area contributed by atoms with Gasteiger partial charge in [-0.15, -0.1) is 0 Å². The molecule has 0 unspecified atom stereocenters. The van der Waals surface area contributed by atoms with Crippen LogP contribution in [-0.2, 0) is 9.53 Å². The Morgan fingerprint density at radius 1 is 1.19 bits per heavy atom. The Morgan fingerprint density at radius 3 is 2.74 bits per heavy atom. The zero-order valence-corrected chi connectivity index (χ0v) is 16.0. The van der Waals surface area contributed by atoms with Gasteiger partial charge in [-0.1, -0.05) is 41.6 Å². The normalized spacial score (nSPS) is 18.2. The number of hydrogen-bond donors (Lipinski definition) is 1. The van der Waals surface area contributed by atoms with Crippen LogP contribution in [0.15, 0.2) is 52.3 Å². The molecule has 1 N–H and O–H groups in total. The van der Waals surface area contributed by atoms with Crippen molar-refractivity contribution in [3.05, 3.63) is 63.5 Å². The molecule has 0 aromatic heterocycles. The molecule has 0 aliphatic carbocycles. The molecule has 4 rings (SSSR count). The largest absolute Gasteiger partial charge is 0.378 e. The number of fused-ring (bicyclic) bond motifs is 1. The van der Waals surface area contributed by atoms with Crippen molar-refractivity contribution in [2.45, 2.75) is 4.90 Å². The molecule has 1 fully saturated rings. The standard InChI is InChI=1S/C20H17ClN2O3S/c21-15-4-2-1-3-13(15)12-18-19(24)22-16-11-14(5-6-17(16)27-18)20(25)23-7-9-26-10-8-23/h1-6,11-12H,7-10H2,(H,22,24)/b18-12+. The van der Waals surface area contributed by atoms with Crippen molar-refractivity contribution in [3.63, 3.8) is 0 Å². The first-order chi connectivity index (χ1) is 13.1. The molecule has 2 aromatic rings. The van der Waals surface area contributed by atoms with Gasteiger partial charge in [0.05, 0.1) is 23.8 Å². The van der Waals surface area contributed by atoms with E-state index < -0.39 is 0 Å². The SMILES string of the molecule is O=C1Nc2cc(C(=O)N3CCOCC3)ccc2S/C1=C/c1ccccc1Cl. The van der Waals surface area contributed by atoms with Gasteiger partial charge in [0.1, 0.15) is 0 Å². The van der Waals surface area contributed by atoms with Crippen LogP contribution in [0.3, 0.4) is 0 Å². The van der Waals surface area contributed by atoms with Gasteiger partial charge < -0.3 is 15.0 Å². The van der Waals surface area contributed by atoms with Gasteiger partial charge in [0.25, 0.3) is 11.8 Å². The number of benzene rings is 2. The van der Waals surface area contributed by atoms with Crippen molar-refractivity contribution in [2.75, 3.05) is 31.6 Å². The molecule has 0 spiro atoms. The van der Waals surface area contributed by atoms with Gasteiger partial charge in [0, 0.05) is 28.6 Å². The molecule has 2 aliphatic heterocycles. The Hall–Kier alpha value is -2.28. The molecule has 0 saturated carbocycles. The predicted octanol–water partition coefficient (Wildman–Crippen LogP) is 3.90. The maximum atomic E-state index is 12.6. The Labute approximate surface area is 166 Å². The molecule has 0 radical (unpaired) electrons. The lowest BCUT2D eigenvalue weighted by Gasteiger charge is -2.27. The van der Waals surface area contributed by atoms with E-state index >= 15 is 0 Å². The average molecular weight is 401 g/mol. The molecule has 27 heavy (non-hydrogen) atoms. The minimum Gasteiger partial charge on any atom is -0.378 e. The number of amides is 2. The summed E-state index contributed by atoms with van der Waals surface area (Å²) >= 11 is 7.55. The lowest BCUT2D eigenvalue weighted by Crippen LogP contribution is -2.40. The number of ether oxygens (including phenoxy) is 1. The predicted molar refractivity (Wildman–Crippen MR) is 107 cm³/mol. The van der Waals surface area contributed by atoms with Crippen molar-refractivity contribution in [1.82, 2.24) is 4.90 Å². The van der Waals surface area contributed by atoms with E-state index in [2.05, 4.69) is 5.32 Å². The molecule has 2 amide bonds. The molecule has 2 aromatic carbocycles. The van der Waals surface area contributed by atoms with Crippen LogP contribution in [-0.4, -0.2) is 43.0 Å². The maximum Gasteiger partial charge on any atom is 0.262 e. The molecule has 0 bridgehead atoms. The lowest BCUT2D eigenvalue weighted by molar-refractivity contribution is -0.112. The van der Waals surface area contributed by atoms with Crippen LogP contribution < -0.4 is 5.32 Å². The van der Waals surface area contributed by atoms with Crippen LogP contribution in [0.2, 0.25) is 5.02 Å². The fourth-order valence-corrected chi connectivity index (χ4v) is 4.09. The summed E-state index contributed by atoms with van der Waals surface area (Å²) in [5.41, 5.74) is 2.01. The summed E-state index contributed by atoms with van der Waals surface area (Å²) in [4.78, 5) is 28.4. The van der Waals surface area contributed by atoms with Crippen LogP contribution in [0, 0.1) is 0 Å². The number of carbonyl (C=O) groups excluding carboxylic acids is 2. The molecule has 138 valence electrons. The molecule has 1 saturated heterocycles. The van der Waals surface area contributed by atoms with Gasteiger partial charge in [0.2, 0.25) is 0 Å². The van der Waals surface area contributed by atoms with Crippen LogP contribution in [0.5, 0.6) is 0 Å². The van der Waals surface area contributed by atoms with Crippen molar-refractivity contribution >= 4 is 46.9 Å². The number of nitrogens with zero attached hydrogens (tertiary/aromatic N) is 1. The summed E-state index contributed by atoms with van der Waals surface area (Å²) in [6, 6.07) is 12.8. The first-order valence-electron chi connectivity index (χ1n) is 8.58. The Kier molecular flexibility index (Phi) is 5.20. The second-order valence-corrected chi connectivity index (χ2v) is 7.69. The second-order valence-electron chi connectivity index (χ2n) is 6.20. The number of hydrogen-bond acceptors (Lipinski definition) is 4. The van der Waals surface area contributed by atoms with Crippen LogP contribution in [0.25, 0.3) is 6.08 Å². The molecular formula is C20H17ClN2O3S. The summed E-state index contributed by atoms with van der Waals surface area (Å²) in [7, 11) is 0. The summed E-state index contributed by atoms with van der Waals surface area (Å²) in [5.74, 6) is -0.249. The molecule has 2 aliphatic rings. The lowest BCUT2D eigenvalue weighted by atomic mass is 10.1. The summed E-state index contributed by atoms with van der Waals surface area (Å²) in [6.45, 7) is 2.28. The fraction of sp³-hybridized carbons (Fsp3) is 0.200. The highest BCUT2D eigenvalue weighted by Crippen LogP contribution is 2.40. The third kappa shape index (κ3) is 3.88. The highest BCUT2D eigenvalue weighted by atomic mass is 35.5. The number of nitrogens with one attached hydrogen (secondary N) is 1. The number of halogens is 1. The van der Waals surface area contributed by atoms with E-state index in [0.29, 0.717) is 47.5 Å². The molecule has 2 heterocycles. The second kappa shape index (κ2) is 7.76. The Bertz CT molecular complexity index is 939. The van der Waals surface area contributed by atoms with Gasteiger partial charge in [0.15, 0.2) is 0 Å². The molecule has 0 atom stereocenters. The van der Waals surface area contributed by atoms with E-state index in [0.717, 1.165) is 10.5 Å². The summed E-state index contributed by atoms with van der Waals surface area (Å²) in [6.07, 6.45) is 1.78. The summed E-state index contributed by atoms with van der Waals surface area (Å²) in [5, 5.41) is 3.47. The van der Waals surface area contributed by atoms with Crippen LogP contribution >= 0.6 is 23.4 Å². The molecular weight excluding hydrogens is 384 g/mol. The monoisotopic (exact) mass is 400 g/mol. The minimum absolute atomic E-state index is 0.0437. The zero-order chi connectivity index (χ0) is 18.8. The minimum atomic E-state index is -0.205. The maximum absolute atomic E-state index is 12.6. The van der Waals surface area contributed by atoms with E-state index in [1.807, 2.05) is 24.3 Å². The van der Waals surface area contributed by atoms with Crippen LogP contribution in [0.4, 0.5) is 5.69 Å². The van der Waals surface area contributed by atoms with E-state index in [-0.39, 0.29) is 11.8 Å². The molecule has 7 heteroatoms. The zero-order valence-electron chi connectivity index (χ0n) is 14.4. The van der Waals surface area contributed by atoms with Crippen molar-refractivity contribution in [3.8, 4) is 0 Å². The summed E-state index contributed by atoms with van der Waals surface area (Å²) < 4.78 is 5.29. The Morgan fingerprint density at radius 2 is 1.96 bits per heavy atom. The van der Waals surface area contributed by atoms with E-state index in [9.17, 15) is 9.59 Å². The number of thioether (sulfide) groups is 1. The van der Waals surface area contributed by atoms with Gasteiger partial charge in [-0.3, -0.25) is 9.59 Å². The molecule has 5 nitrogen and oxygen atoms in total. The van der Waals surface area contributed by atoms with Gasteiger partial charge in [-0.25, -0.2) is 0 Å². The third-order valence-corrected chi connectivity index (χ3v) is 5.85. The number of anilines is 1. The van der Waals surface area contributed by atoms with Gasteiger partial charge in [-0.2, -0.15) is 0 Å². The Balaban J connectivity index is 1.58. The number of carbonyl (C=O) groups is 2. The smallest absolute Gasteiger partial charge is 0.262 e. The van der Waals surface area contributed by atoms with Crippen molar-refractivity contribution in [1.29, 1.82) is 0 Å². The third-order valence-electron chi connectivity index (χ3n) is 4.41. The van der Waals surface area contributed by atoms with E-state index in [4.69, 9.17) is 16.3 Å². The fourth-order valence-electron chi connectivity index (χ4n) is 2.98. The average Bonchev–Trinajstić information content (AvgIpc) is 2.70. The quantitative estimate of drug-likeness (QED) is 0.777. The van der Waals surface area contributed by atoms with Gasteiger partial charge in [-0.05, 0) is 35.9 Å². The van der Waals surface area contributed by atoms with E-state index in [1.165, 1.54) is 11.8 Å². The van der Waals surface area contributed by atoms with E-state index in [1.54, 1.807) is 29.2 Å².